The normalized spacial score (nSPS) is 12.2. The van der Waals surface area contributed by atoms with Crippen molar-refractivity contribution >= 4 is 22.4 Å². The second-order valence-electron chi connectivity index (χ2n) is 6.80. The van der Waals surface area contributed by atoms with Gasteiger partial charge in [-0.1, -0.05) is 62.2 Å². The van der Waals surface area contributed by atoms with E-state index in [1.165, 1.54) is 31.4 Å². The molecule has 3 rings (SSSR count). The van der Waals surface area contributed by atoms with Crippen LogP contribution in [0.1, 0.15) is 42.9 Å². The van der Waals surface area contributed by atoms with Gasteiger partial charge in [0, 0.05) is 16.5 Å². The first-order valence-corrected chi connectivity index (χ1v) is 9.46. The average molecular weight is 384 g/mol. The lowest BCUT2D eigenvalue weighted by atomic mass is 10.0. The van der Waals surface area contributed by atoms with Crippen LogP contribution < -0.4 is 4.74 Å². The molecule has 0 aliphatic heterocycles. The van der Waals surface area contributed by atoms with Crippen molar-refractivity contribution in [3.8, 4) is 5.75 Å². The van der Waals surface area contributed by atoms with Crippen LogP contribution in [0.5, 0.6) is 5.75 Å². The fourth-order valence-corrected chi connectivity index (χ4v) is 3.22. The van der Waals surface area contributed by atoms with Gasteiger partial charge < -0.3 is 4.74 Å². The average Bonchev–Trinajstić information content (AvgIpc) is 2.73. The lowest BCUT2D eigenvalue weighted by molar-refractivity contribution is 0.389. The SMILES string of the molecule is CCCCCc1ccc(C(F)=C(F)c2ccc3c(F)c(OC)ccc3c2)cc1. The van der Waals surface area contributed by atoms with Crippen LogP contribution in [-0.2, 0) is 6.42 Å². The maximum absolute atomic E-state index is 14.7. The Labute approximate surface area is 163 Å². The first-order valence-electron chi connectivity index (χ1n) is 9.46. The summed E-state index contributed by atoms with van der Waals surface area (Å²) in [7, 11) is 1.38. The largest absolute Gasteiger partial charge is 0.494 e. The monoisotopic (exact) mass is 384 g/mol. The lowest BCUT2D eigenvalue weighted by Gasteiger charge is -2.08. The molecule has 146 valence electrons. The van der Waals surface area contributed by atoms with E-state index in [-0.39, 0.29) is 16.9 Å². The highest BCUT2D eigenvalue weighted by atomic mass is 19.2. The predicted octanol–water partition coefficient (Wildman–Crippen LogP) is 7.49. The van der Waals surface area contributed by atoms with Gasteiger partial charge in [-0.25, -0.2) is 13.2 Å². The smallest absolute Gasteiger partial charge is 0.172 e. The molecular formula is C24H23F3O. The van der Waals surface area contributed by atoms with Crippen molar-refractivity contribution in [2.24, 2.45) is 0 Å². The van der Waals surface area contributed by atoms with Gasteiger partial charge in [-0.2, -0.15) is 0 Å². The standard InChI is InChI=1S/C24H23F3O/c1-3-4-5-6-16-7-9-17(10-8-16)22(25)23(26)19-11-13-20-18(15-19)12-14-21(28-2)24(20)27/h7-15H,3-6H2,1-2H3. The number of fused-ring (bicyclic) bond motifs is 1. The molecule has 0 bridgehead atoms. The fourth-order valence-electron chi connectivity index (χ4n) is 3.22. The molecule has 0 aliphatic carbocycles. The first kappa shape index (κ1) is 20.0. The number of benzene rings is 3. The third kappa shape index (κ3) is 4.22. The molecule has 3 aromatic carbocycles. The summed E-state index contributed by atoms with van der Waals surface area (Å²) in [6.07, 6.45) is 4.31. The van der Waals surface area contributed by atoms with Gasteiger partial charge >= 0.3 is 0 Å². The minimum Gasteiger partial charge on any atom is -0.494 e. The van der Waals surface area contributed by atoms with Gasteiger partial charge in [0.05, 0.1) is 7.11 Å². The highest BCUT2D eigenvalue weighted by Crippen LogP contribution is 2.33. The summed E-state index contributed by atoms with van der Waals surface area (Å²) in [6.45, 7) is 2.14. The van der Waals surface area contributed by atoms with E-state index in [9.17, 15) is 13.2 Å². The lowest BCUT2D eigenvalue weighted by Crippen LogP contribution is -1.91. The van der Waals surface area contributed by atoms with Gasteiger partial charge in [0.2, 0.25) is 0 Å². The Morgan fingerprint density at radius 1 is 0.857 bits per heavy atom. The summed E-state index contributed by atoms with van der Waals surface area (Å²) >= 11 is 0. The topological polar surface area (TPSA) is 9.23 Å². The zero-order chi connectivity index (χ0) is 20.1. The Morgan fingerprint density at radius 2 is 1.54 bits per heavy atom. The molecule has 0 unspecified atom stereocenters. The number of ether oxygens (including phenoxy) is 1. The van der Waals surface area contributed by atoms with Crippen molar-refractivity contribution in [3.63, 3.8) is 0 Å². The van der Waals surface area contributed by atoms with E-state index < -0.39 is 17.5 Å². The second kappa shape index (κ2) is 8.96. The first-order chi connectivity index (χ1) is 13.5. The molecule has 0 aliphatic rings. The van der Waals surface area contributed by atoms with Crippen LogP contribution in [0.25, 0.3) is 22.4 Å². The number of aryl methyl sites for hydroxylation is 1. The third-order valence-electron chi connectivity index (χ3n) is 4.86. The molecule has 0 spiro atoms. The van der Waals surface area contributed by atoms with Crippen molar-refractivity contribution in [1.82, 2.24) is 0 Å². The molecule has 0 saturated heterocycles. The molecule has 4 heteroatoms. The number of unbranched alkanes of at least 4 members (excludes halogenated alkanes) is 2. The molecule has 1 nitrogen and oxygen atoms in total. The third-order valence-corrected chi connectivity index (χ3v) is 4.86. The number of halogens is 3. The number of hydrogen-bond donors (Lipinski definition) is 0. The maximum atomic E-state index is 14.7. The van der Waals surface area contributed by atoms with Gasteiger partial charge in [-0.3, -0.25) is 0 Å². The molecule has 3 aromatic rings. The predicted molar refractivity (Wildman–Crippen MR) is 109 cm³/mol. The molecule has 0 radical (unpaired) electrons. The maximum Gasteiger partial charge on any atom is 0.172 e. The highest BCUT2D eigenvalue weighted by molar-refractivity contribution is 5.91. The summed E-state index contributed by atoms with van der Waals surface area (Å²) in [5, 5.41) is 0.776. The van der Waals surface area contributed by atoms with Gasteiger partial charge in [0.25, 0.3) is 0 Å². The van der Waals surface area contributed by atoms with Crippen molar-refractivity contribution in [1.29, 1.82) is 0 Å². The van der Waals surface area contributed by atoms with Crippen molar-refractivity contribution in [2.75, 3.05) is 7.11 Å². The summed E-state index contributed by atoms with van der Waals surface area (Å²) in [5.41, 5.74) is 1.37. The second-order valence-corrected chi connectivity index (χ2v) is 6.80. The Kier molecular flexibility index (Phi) is 6.40. The van der Waals surface area contributed by atoms with Gasteiger partial charge in [0.15, 0.2) is 23.2 Å². The Balaban J connectivity index is 1.88. The highest BCUT2D eigenvalue weighted by Gasteiger charge is 2.14. The molecule has 0 aromatic heterocycles. The van der Waals surface area contributed by atoms with Crippen LogP contribution in [0.4, 0.5) is 13.2 Å². The van der Waals surface area contributed by atoms with E-state index in [1.807, 2.05) is 12.1 Å². The van der Waals surface area contributed by atoms with Crippen molar-refractivity contribution in [3.05, 3.63) is 77.1 Å². The minimum atomic E-state index is -0.961. The summed E-state index contributed by atoms with van der Waals surface area (Å²) < 4.78 is 48.6. The van der Waals surface area contributed by atoms with Crippen LogP contribution >= 0.6 is 0 Å². The Bertz CT molecular complexity index is 991. The van der Waals surface area contributed by atoms with Gasteiger partial charge in [-0.15, -0.1) is 0 Å². The molecule has 0 fully saturated rings. The number of rotatable bonds is 7. The van der Waals surface area contributed by atoms with Crippen LogP contribution in [0, 0.1) is 5.82 Å². The quantitative estimate of drug-likeness (QED) is 0.303. The summed E-state index contributed by atoms with van der Waals surface area (Å²) in [5.74, 6) is -2.29. The van der Waals surface area contributed by atoms with E-state index in [1.54, 1.807) is 18.2 Å². The van der Waals surface area contributed by atoms with Crippen LogP contribution in [0.2, 0.25) is 0 Å². The van der Waals surface area contributed by atoms with Gasteiger partial charge in [-0.05, 0) is 35.9 Å². The fraction of sp³-hybridized carbons (Fsp3) is 0.250. The Hall–Kier alpha value is -2.75. The van der Waals surface area contributed by atoms with Crippen LogP contribution in [-0.4, -0.2) is 7.11 Å². The molecule has 0 atom stereocenters. The van der Waals surface area contributed by atoms with Crippen molar-refractivity contribution < 1.29 is 17.9 Å². The molecule has 0 N–H and O–H groups in total. The number of hydrogen-bond acceptors (Lipinski definition) is 1. The molecular weight excluding hydrogens is 361 g/mol. The molecule has 28 heavy (non-hydrogen) atoms. The number of methoxy groups -OCH3 is 1. The Morgan fingerprint density at radius 3 is 2.21 bits per heavy atom. The van der Waals surface area contributed by atoms with E-state index in [0.29, 0.717) is 10.8 Å². The van der Waals surface area contributed by atoms with Crippen LogP contribution in [0.15, 0.2) is 54.6 Å². The minimum absolute atomic E-state index is 0.0709. The zero-order valence-corrected chi connectivity index (χ0v) is 16.1. The van der Waals surface area contributed by atoms with E-state index >= 15 is 0 Å². The van der Waals surface area contributed by atoms with E-state index in [0.717, 1.165) is 31.2 Å². The van der Waals surface area contributed by atoms with Gasteiger partial charge in [0.1, 0.15) is 0 Å². The molecule has 0 heterocycles. The summed E-state index contributed by atoms with van der Waals surface area (Å²) in [6, 6.07) is 14.2. The van der Waals surface area contributed by atoms with E-state index in [4.69, 9.17) is 4.74 Å². The van der Waals surface area contributed by atoms with Crippen LogP contribution in [0.3, 0.4) is 0 Å². The van der Waals surface area contributed by atoms with Crippen molar-refractivity contribution in [2.45, 2.75) is 32.6 Å². The zero-order valence-electron chi connectivity index (χ0n) is 16.1. The molecule has 0 saturated carbocycles. The molecule has 0 amide bonds. The van der Waals surface area contributed by atoms with E-state index in [2.05, 4.69) is 6.92 Å². The summed E-state index contributed by atoms with van der Waals surface area (Å²) in [4.78, 5) is 0.